The van der Waals surface area contributed by atoms with Crippen LogP contribution in [0.1, 0.15) is 0 Å². The number of aryl methyl sites for hydroxylation is 1. The largest absolute Gasteiger partial charge is 0.342 e. The summed E-state index contributed by atoms with van der Waals surface area (Å²) in [6.07, 6.45) is 3.12. The summed E-state index contributed by atoms with van der Waals surface area (Å²) < 4.78 is 21.6. The Bertz CT molecular complexity index is 300. The molecule has 86 valence electrons. The summed E-state index contributed by atoms with van der Waals surface area (Å²) in [6, 6.07) is 1.14. The summed E-state index contributed by atoms with van der Waals surface area (Å²) in [5, 5.41) is 0. The summed E-state index contributed by atoms with van der Waals surface area (Å²) >= 11 is 0. The van der Waals surface area contributed by atoms with Crippen molar-refractivity contribution < 1.29 is 13.7 Å². The highest BCUT2D eigenvalue weighted by atomic mass is 28.3. The van der Waals surface area contributed by atoms with Crippen molar-refractivity contribution in [1.82, 2.24) is 4.57 Å². The third-order valence-electron chi connectivity index (χ3n) is 2.17. The lowest BCUT2D eigenvalue weighted by molar-refractivity contribution is -0.698. The van der Waals surface area contributed by atoms with Gasteiger partial charge in [-0.25, -0.2) is 9.13 Å². The van der Waals surface area contributed by atoms with E-state index in [1.165, 1.54) is 10.8 Å². The molecule has 0 spiro atoms. The lowest BCUT2D eigenvalue weighted by Crippen LogP contribution is -2.29. The number of hydrogen-bond acceptors (Lipinski definition) is 1. The summed E-state index contributed by atoms with van der Waals surface area (Å²) in [5.74, 6) is -0.246. The van der Waals surface area contributed by atoms with E-state index in [-0.39, 0.29) is 5.95 Å². The van der Waals surface area contributed by atoms with Gasteiger partial charge in [-0.1, -0.05) is 19.6 Å². The Labute approximate surface area is 91.5 Å². The van der Waals surface area contributed by atoms with Crippen LogP contribution in [0.3, 0.4) is 0 Å². The molecule has 15 heavy (non-hydrogen) atoms. The van der Waals surface area contributed by atoms with Crippen LogP contribution >= 0.6 is 0 Å². The average Bonchev–Trinajstić information content (AvgIpc) is 2.39. The fourth-order valence-electron chi connectivity index (χ4n) is 1.16. The highest BCUT2D eigenvalue weighted by Crippen LogP contribution is 2.07. The monoisotopic (exact) mass is 231 g/mol. The van der Waals surface area contributed by atoms with E-state index in [2.05, 4.69) is 19.6 Å². The first kappa shape index (κ1) is 12.4. The van der Waals surface area contributed by atoms with E-state index in [0.717, 1.165) is 12.7 Å². The Morgan fingerprint density at radius 2 is 2.13 bits per heavy atom. The maximum absolute atomic E-state index is 12.9. The molecule has 0 aliphatic rings. The summed E-state index contributed by atoms with van der Waals surface area (Å²) in [6.45, 7) is 8.13. The normalized spacial score (nSPS) is 12.1. The molecule has 0 fully saturated rings. The van der Waals surface area contributed by atoms with Gasteiger partial charge in [-0.15, -0.1) is 0 Å². The minimum absolute atomic E-state index is 0.246. The molecule has 5 heteroatoms. The number of imidazole rings is 1. The molecule has 0 saturated carbocycles. The first-order chi connectivity index (χ1) is 6.88. The Hall–Kier alpha value is -0.683. The SMILES string of the molecule is C[n+]1cn(COCC[Si](C)(C)C)cc1F. The van der Waals surface area contributed by atoms with Crippen LogP contribution in [0, 0.1) is 5.95 Å². The standard InChI is InChI=1S/C10H20FN2OSi/c1-12-8-13(7-10(12)11)9-14-5-6-15(2,3)4/h7-8H,5-6,9H2,1-4H3/q+1. The summed E-state index contributed by atoms with van der Waals surface area (Å²) in [7, 11) is 0.660. The fourth-order valence-corrected chi connectivity index (χ4v) is 1.91. The van der Waals surface area contributed by atoms with Crippen LogP contribution in [0.5, 0.6) is 0 Å². The lowest BCUT2D eigenvalue weighted by atomic mass is 10.8. The molecule has 1 heterocycles. The van der Waals surface area contributed by atoms with Crippen LogP contribution < -0.4 is 4.57 Å². The predicted molar refractivity (Wildman–Crippen MR) is 59.7 cm³/mol. The Kier molecular flexibility index (Phi) is 4.04. The lowest BCUT2D eigenvalue weighted by Gasteiger charge is -2.14. The van der Waals surface area contributed by atoms with Crippen LogP contribution in [0.2, 0.25) is 25.7 Å². The number of hydrogen-bond donors (Lipinski definition) is 0. The van der Waals surface area contributed by atoms with Crippen molar-refractivity contribution in [2.75, 3.05) is 6.61 Å². The Morgan fingerprint density at radius 1 is 1.47 bits per heavy atom. The van der Waals surface area contributed by atoms with Crippen LogP contribution in [-0.2, 0) is 18.5 Å². The molecule has 1 aromatic rings. The van der Waals surface area contributed by atoms with E-state index in [0.29, 0.717) is 6.73 Å². The van der Waals surface area contributed by atoms with Gasteiger partial charge in [-0.2, -0.15) is 4.39 Å². The second-order valence-electron chi connectivity index (χ2n) is 5.04. The zero-order valence-corrected chi connectivity index (χ0v) is 11.0. The van der Waals surface area contributed by atoms with E-state index < -0.39 is 8.07 Å². The van der Waals surface area contributed by atoms with Crippen LogP contribution in [0.25, 0.3) is 0 Å². The minimum atomic E-state index is -1.01. The third-order valence-corrected chi connectivity index (χ3v) is 3.87. The number of ether oxygens (including phenoxy) is 1. The topological polar surface area (TPSA) is 18.0 Å². The minimum Gasteiger partial charge on any atom is -0.342 e. The summed E-state index contributed by atoms with van der Waals surface area (Å²) in [4.78, 5) is 0. The molecule has 0 aromatic carbocycles. The molecule has 0 unspecified atom stereocenters. The molecule has 1 aromatic heterocycles. The fraction of sp³-hybridized carbons (Fsp3) is 0.700. The van der Waals surface area contributed by atoms with Gasteiger partial charge < -0.3 is 4.74 Å². The maximum Gasteiger partial charge on any atom is 0.317 e. The zero-order chi connectivity index (χ0) is 11.5. The molecule has 0 N–H and O–H groups in total. The maximum atomic E-state index is 12.9. The van der Waals surface area contributed by atoms with Crippen molar-refractivity contribution >= 4 is 8.07 Å². The smallest absolute Gasteiger partial charge is 0.317 e. The van der Waals surface area contributed by atoms with Gasteiger partial charge in [0.15, 0.2) is 12.9 Å². The molecule has 0 amide bonds. The van der Waals surface area contributed by atoms with Crippen molar-refractivity contribution in [2.24, 2.45) is 7.05 Å². The van der Waals surface area contributed by atoms with Gasteiger partial charge in [0.1, 0.15) is 0 Å². The van der Waals surface area contributed by atoms with Gasteiger partial charge in [0.05, 0.1) is 7.05 Å². The molecule has 1 rings (SSSR count). The summed E-state index contributed by atoms with van der Waals surface area (Å²) in [5.41, 5.74) is 0. The van der Waals surface area contributed by atoms with Gasteiger partial charge in [0.25, 0.3) is 0 Å². The number of nitrogens with zero attached hydrogens (tertiary/aromatic N) is 2. The van der Waals surface area contributed by atoms with E-state index in [1.54, 1.807) is 17.9 Å². The molecular formula is C10H20FN2OSi+. The number of halogens is 1. The second-order valence-corrected chi connectivity index (χ2v) is 10.7. The molecular weight excluding hydrogens is 211 g/mol. The van der Waals surface area contributed by atoms with Crippen molar-refractivity contribution in [1.29, 1.82) is 0 Å². The van der Waals surface area contributed by atoms with Crippen molar-refractivity contribution in [2.45, 2.75) is 32.4 Å². The quantitative estimate of drug-likeness (QED) is 0.429. The van der Waals surface area contributed by atoms with Crippen molar-refractivity contribution in [3.8, 4) is 0 Å². The number of rotatable bonds is 5. The van der Waals surface area contributed by atoms with Gasteiger partial charge in [0.2, 0.25) is 6.33 Å². The molecule has 0 aliphatic heterocycles. The van der Waals surface area contributed by atoms with Gasteiger partial charge >= 0.3 is 5.95 Å². The van der Waals surface area contributed by atoms with E-state index >= 15 is 0 Å². The molecule has 0 atom stereocenters. The highest BCUT2D eigenvalue weighted by molar-refractivity contribution is 6.76. The van der Waals surface area contributed by atoms with E-state index in [4.69, 9.17) is 4.74 Å². The second kappa shape index (κ2) is 4.89. The van der Waals surface area contributed by atoms with Crippen molar-refractivity contribution in [3.05, 3.63) is 18.5 Å². The third kappa shape index (κ3) is 4.57. The molecule has 0 radical (unpaired) electrons. The molecule has 0 aliphatic carbocycles. The highest BCUT2D eigenvalue weighted by Gasteiger charge is 2.13. The van der Waals surface area contributed by atoms with Gasteiger partial charge in [-0.05, 0) is 6.04 Å². The molecule has 0 saturated heterocycles. The number of aromatic nitrogens is 2. The van der Waals surface area contributed by atoms with Gasteiger partial charge in [0, 0.05) is 14.7 Å². The average molecular weight is 231 g/mol. The Morgan fingerprint density at radius 3 is 2.60 bits per heavy atom. The molecule has 0 bridgehead atoms. The van der Waals surface area contributed by atoms with Gasteiger partial charge in [-0.3, -0.25) is 0 Å². The van der Waals surface area contributed by atoms with Crippen LogP contribution in [0.4, 0.5) is 4.39 Å². The zero-order valence-electron chi connectivity index (χ0n) is 9.96. The van der Waals surface area contributed by atoms with E-state index in [1.807, 2.05) is 0 Å². The van der Waals surface area contributed by atoms with Crippen LogP contribution in [0.15, 0.2) is 12.5 Å². The predicted octanol–water partition coefficient (Wildman–Crippen LogP) is 1.76. The first-order valence-corrected chi connectivity index (χ1v) is 8.88. The van der Waals surface area contributed by atoms with E-state index in [9.17, 15) is 4.39 Å². The van der Waals surface area contributed by atoms with Crippen LogP contribution in [-0.4, -0.2) is 19.2 Å². The Balaban J connectivity index is 2.26. The molecule has 3 nitrogen and oxygen atoms in total. The first-order valence-electron chi connectivity index (χ1n) is 5.17. The van der Waals surface area contributed by atoms with Crippen molar-refractivity contribution in [3.63, 3.8) is 0 Å².